The Morgan fingerprint density at radius 3 is 2.07 bits per heavy atom. The molecule has 2 aromatic rings. The summed E-state index contributed by atoms with van der Waals surface area (Å²) >= 11 is 17.9. The highest BCUT2D eigenvalue weighted by Crippen LogP contribution is 2.32. The van der Waals surface area contributed by atoms with Gasteiger partial charge in [0.1, 0.15) is 0 Å². The van der Waals surface area contributed by atoms with E-state index < -0.39 is 0 Å². The van der Waals surface area contributed by atoms with Crippen molar-refractivity contribution in [3.63, 3.8) is 0 Å². The van der Waals surface area contributed by atoms with Crippen molar-refractivity contribution < 1.29 is 9.59 Å². The summed E-state index contributed by atoms with van der Waals surface area (Å²) in [5.74, 6) is -0.515. The average molecular weight is 429 g/mol. The van der Waals surface area contributed by atoms with Crippen LogP contribution in [0.3, 0.4) is 0 Å². The fourth-order valence-corrected chi connectivity index (χ4v) is 3.09. The fraction of sp³-hybridized carbons (Fsp3) is 0.263. The molecule has 5 nitrogen and oxygen atoms in total. The quantitative estimate of drug-likeness (QED) is 0.627. The zero-order valence-corrected chi connectivity index (χ0v) is 17.3. The molecular formula is C19H20Cl3N3O2. The number of hydrogen-bond donors (Lipinski definition) is 2. The third kappa shape index (κ3) is 6.40. The monoisotopic (exact) mass is 427 g/mol. The SMILES string of the molecule is CCc1ccccc1NC(=O)CN(C)CC(=O)Nc1cc(Cl)c(Cl)cc1Cl. The van der Waals surface area contributed by atoms with E-state index in [4.69, 9.17) is 34.8 Å². The molecule has 2 aromatic carbocycles. The second kappa shape index (κ2) is 9.95. The molecule has 2 rings (SSSR count). The number of carbonyl (C=O) groups is 2. The molecule has 2 N–H and O–H groups in total. The van der Waals surface area contributed by atoms with Crippen LogP contribution in [0.4, 0.5) is 11.4 Å². The molecule has 8 heteroatoms. The van der Waals surface area contributed by atoms with Crippen molar-refractivity contribution in [3.8, 4) is 0 Å². The Bertz CT molecular complexity index is 843. The molecule has 0 saturated carbocycles. The summed E-state index contributed by atoms with van der Waals surface area (Å²) in [6.45, 7) is 2.11. The van der Waals surface area contributed by atoms with E-state index in [0.29, 0.717) is 15.7 Å². The van der Waals surface area contributed by atoms with Gasteiger partial charge in [-0.15, -0.1) is 0 Å². The van der Waals surface area contributed by atoms with Gasteiger partial charge in [-0.2, -0.15) is 0 Å². The second-order valence-electron chi connectivity index (χ2n) is 6.03. The molecule has 0 spiro atoms. The summed E-state index contributed by atoms with van der Waals surface area (Å²) in [6.07, 6.45) is 0.819. The maximum atomic E-state index is 12.2. The van der Waals surface area contributed by atoms with Crippen LogP contribution in [0.1, 0.15) is 12.5 Å². The van der Waals surface area contributed by atoms with Crippen LogP contribution < -0.4 is 10.6 Å². The van der Waals surface area contributed by atoms with Gasteiger partial charge in [-0.1, -0.05) is 59.9 Å². The summed E-state index contributed by atoms with van der Waals surface area (Å²) in [5, 5.41) is 6.42. The Labute approximate surface area is 173 Å². The van der Waals surface area contributed by atoms with Crippen molar-refractivity contribution in [2.24, 2.45) is 0 Å². The summed E-state index contributed by atoms with van der Waals surface area (Å²) in [7, 11) is 1.68. The van der Waals surface area contributed by atoms with E-state index in [-0.39, 0.29) is 29.9 Å². The molecule has 0 aliphatic rings. The number of amides is 2. The Hall–Kier alpha value is -1.79. The summed E-state index contributed by atoms with van der Waals surface area (Å²) in [5.41, 5.74) is 2.21. The molecule has 0 aliphatic heterocycles. The van der Waals surface area contributed by atoms with Crippen LogP contribution in [0.15, 0.2) is 36.4 Å². The van der Waals surface area contributed by atoms with E-state index in [0.717, 1.165) is 17.7 Å². The molecule has 144 valence electrons. The lowest BCUT2D eigenvalue weighted by molar-refractivity contribution is -0.119. The van der Waals surface area contributed by atoms with Gasteiger partial charge in [-0.05, 0) is 37.2 Å². The van der Waals surface area contributed by atoms with Crippen LogP contribution in [0.2, 0.25) is 15.1 Å². The van der Waals surface area contributed by atoms with E-state index in [9.17, 15) is 9.59 Å². The number of likely N-dealkylation sites (N-methyl/N-ethyl adjacent to an activating group) is 1. The van der Waals surface area contributed by atoms with E-state index in [1.165, 1.54) is 12.1 Å². The van der Waals surface area contributed by atoms with Gasteiger partial charge in [0, 0.05) is 5.69 Å². The highest BCUT2D eigenvalue weighted by atomic mass is 35.5. The smallest absolute Gasteiger partial charge is 0.238 e. The number of carbonyl (C=O) groups excluding carboxylic acids is 2. The first kappa shape index (κ1) is 21.5. The molecule has 0 unspecified atom stereocenters. The zero-order valence-electron chi connectivity index (χ0n) is 15.0. The summed E-state index contributed by atoms with van der Waals surface area (Å²) in [4.78, 5) is 26.0. The van der Waals surface area contributed by atoms with Gasteiger partial charge in [0.05, 0.1) is 33.8 Å². The predicted molar refractivity (Wildman–Crippen MR) is 112 cm³/mol. The van der Waals surface area contributed by atoms with Crippen LogP contribution in [-0.4, -0.2) is 36.9 Å². The molecule has 0 heterocycles. The lowest BCUT2D eigenvalue weighted by Crippen LogP contribution is -2.36. The Morgan fingerprint density at radius 2 is 1.44 bits per heavy atom. The number of para-hydroxylation sites is 1. The van der Waals surface area contributed by atoms with Gasteiger partial charge < -0.3 is 10.6 Å². The first-order valence-corrected chi connectivity index (χ1v) is 9.44. The number of halogens is 3. The van der Waals surface area contributed by atoms with Crippen LogP contribution in [0.25, 0.3) is 0 Å². The molecule has 0 bridgehead atoms. The molecule has 0 radical (unpaired) electrons. The topological polar surface area (TPSA) is 61.4 Å². The molecule has 27 heavy (non-hydrogen) atoms. The van der Waals surface area contributed by atoms with Crippen LogP contribution in [-0.2, 0) is 16.0 Å². The minimum atomic E-state index is -0.320. The first-order chi connectivity index (χ1) is 12.8. The molecule has 0 aromatic heterocycles. The third-order valence-electron chi connectivity index (χ3n) is 3.78. The predicted octanol–water partition coefficient (Wildman–Crippen LogP) is 4.72. The van der Waals surface area contributed by atoms with Gasteiger partial charge in [0.25, 0.3) is 0 Å². The lowest BCUT2D eigenvalue weighted by atomic mass is 10.1. The molecule has 0 fully saturated rings. The van der Waals surface area contributed by atoms with Crippen molar-refractivity contribution in [3.05, 3.63) is 57.0 Å². The number of aryl methyl sites for hydroxylation is 1. The van der Waals surface area contributed by atoms with E-state index in [2.05, 4.69) is 10.6 Å². The number of anilines is 2. The highest BCUT2D eigenvalue weighted by Gasteiger charge is 2.14. The second-order valence-corrected chi connectivity index (χ2v) is 7.25. The van der Waals surface area contributed by atoms with Crippen molar-refractivity contribution in [2.75, 3.05) is 30.8 Å². The minimum absolute atomic E-state index is 0.0133. The minimum Gasteiger partial charge on any atom is -0.325 e. The van der Waals surface area contributed by atoms with Crippen molar-refractivity contribution >= 4 is 58.0 Å². The Kier molecular flexibility index (Phi) is 7.92. The first-order valence-electron chi connectivity index (χ1n) is 8.30. The number of benzene rings is 2. The van der Waals surface area contributed by atoms with Gasteiger partial charge in [-0.25, -0.2) is 0 Å². The summed E-state index contributed by atoms with van der Waals surface area (Å²) < 4.78 is 0. The zero-order chi connectivity index (χ0) is 20.0. The average Bonchev–Trinajstić information content (AvgIpc) is 2.59. The standard InChI is InChI=1S/C19H20Cl3N3O2/c1-3-12-6-4-5-7-16(12)23-18(26)10-25(2)11-19(27)24-17-9-14(21)13(20)8-15(17)22/h4-9H,3,10-11H2,1-2H3,(H,23,26)(H,24,27). The number of hydrogen-bond acceptors (Lipinski definition) is 3. The highest BCUT2D eigenvalue weighted by molar-refractivity contribution is 6.44. The largest absolute Gasteiger partial charge is 0.325 e. The van der Waals surface area contributed by atoms with Crippen LogP contribution >= 0.6 is 34.8 Å². The van der Waals surface area contributed by atoms with Crippen LogP contribution in [0.5, 0.6) is 0 Å². The van der Waals surface area contributed by atoms with Gasteiger partial charge in [0.15, 0.2) is 0 Å². The number of rotatable bonds is 7. The lowest BCUT2D eigenvalue weighted by Gasteiger charge is -2.17. The number of nitrogens with zero attached hydrogens (tertiary/aromatic N) is 1. The van der Waals surface area contributed by atoms with Crippen molar-refractivity contribution in [1.82, 2.24) is 4.90 Å². The van der Waals surface area contributed by atoms with E-state index in [1.807, 2.05) is 31.2 Å². The molecule has 2 amide bonds. The molecule has 0 saturated heterocycles. The van der Waals surface area contributed by atoms with Crippen LogP contribution in [0, 0.1) is 0 Å². The number of nitrogens with one attached hydrogen (secondary N) is 2. The maximum absolute atomic E-state index is 12.2. The fourth-order valence-electron chi connectivity index (χ4n) is 2.49. The molecule has 0 aliphatic carbocycles. The molecule has 0 atom stereocenters. The normalized spacial score (nSPS) is 10.7. The molecular weight excluding hydrogens is 409 g/mol. The van der Waals surface area contributed by atoms with E-state index >= 15 is 0 Å². The Morgan fingerprint density at radius 1 is 0.889 bits per heavy atom. The summed E-state index contributed by atoms with van der Waals surface area (Å²) in [6, 6.07) is 10.6. The van der Waals surface area contributed by atoms with Gasteiger partial charge >= 0.3 is 0 Å². The maximum Gasteiger partial charge on any atom is 0.238 e. The van der Waals surface area contributed by atoms with Crippen molar-refractivity contribution in [2.45, 2.75) is 13.3 Å². The Balaban J connectivity index is 1.89. The third-order valence-corrected chi connectivity index (χ3v) is 4.82. The van der Waals surface area contributed by atoms with Gasteiger partial charge in [-0.3, -0.25) is 14.5 Å². The van der Waals surface area contributed by atoms with Gasteiger partial charge in [0.2, 0.25) is 11.8 Å². The van der Waals surface area contributed by atoms with E-state index in [1.54, 1.807) is 11.9 Å². The van der Waals surface area contributed by atoms with Crippen molar-refractivity contribution in [1.29, 1.82) is 0 Å².